The maximum Gasteiger partial charge on any atom is 0.306 e. The fourth-order valence-electron chi connectivity index (χ4n) is 8.18. The molecule has 0 heterocycles. The summed E-state index contributed by atoms with van der Waals surface area (Å²) >= 11 is 0. The minimum absolute atomic E-state index is 0.115. The monoisotopic (exact) mass is 1060 g/mol. The van der Waals surface area contributed by atoms with Crippen LogP contribution in [0.25, 0.3) is 0 Å². The van der Waals surface area contributed by atoms with Crippen LogP contribution in [0, 0.1) is 0 Å². The van der Waals surface area contributed by atoms with E-state index in [1.807, 2.05) is 0 Å². The van der Waals surface area contributed by atoms with Crippen molar-refractivity contribution in [3.05, 3.63) is 146 Å². The number of allylic oxidation sites excluding steroid dienone is 24. The summed E-state index contributed by atoms with van der Waals surface area (Å²) in [5.41, 5.74) is 0. The van der Waals surface area contributed by atoms with Gasteiger partial charge in [-0.05, 0) is 135 Å². The van der Waals surface area contributed by atoms with Gasteiger partial charge in [0.15, 0.2) is 6.10 Å². The number of hydrogen-bond acceptors (Lipinski definition) is 6. The summed E-state index contributed by atoms with van der Waals surface area (Å²) in [6.45, 7) is 6.33. The molecule has 0 spiro atoms. The Bertz CT molecular complexity index is 1700. The van der Waals surface area contributed by atoms with Crippen LogP contribution in [0.4, 0.5) is 0 Å². The van der Waals surface area contributed by atoms with Crippen molar-refractivity contribution in [1.82, 2.24) is 0 Å². The Balaban J connectivity index is 4.51. The van der Waals surface area contributed by atoms with Crippen molar-refractivity contribution >= 4 is 17.9 Å². The first kappa shape index (κ1) is 72.3. The van der Waals surface area contributed by atoms with Gasteiger partial charge in [0.2, 0.25) is 0 Å². The summed E-state index contributed by atoms with van der Waals surface area (Å²) in [5.74, 6) is -1.01. The molecular formula is C71H114O6. The molecule has 0 saturated carbocycles. The highest BCUT2D eigenvalue weighted by Gasteiger charge is 2.19. The van der Waals surface area contributed by atoms with E-state index >= 15 is 0 Å². The molecule has 0 N–H and O–H groups in total. The minimum atomic E-state index is -0.827. The Morgan fingerprint density at radius 1 is 0.273 bits per heavy atom. The third kappa shape index (κ3) is 62.0. The Labute approximate surface area is 474 Å². The number of unbranched alkanes of at least 4 members (excludes halogenated alkanes) is 20. The predicted molar refractivity (Wildman–Crippen MR) is 334 cm³/mol. The van der Waals surface area contributed by atoms with E-state index in [-0.39, 0.29) is 44.0 Å². The largest absolute Gasteiger partial charge is 0.462 e. The SMILES string of the molecule is CC/C=C\C/C=C\C/C=C\C/C=C\C/C=C\CCCCCC(=O)OC(COC(=O)CCC/C=C\C/C=C\C/C=C\C/C=C\C/C=C\CC)COC(=O)CCCCCCCCCCCCC/C=C\C/C=C\CCCCCCC. The molecule has 0 radical (unpaired) electrons. The maximum absolute atomic E-state index is 12.9. The molecule has 0 aromatic heterocycles. The lowest BCUT2D eigenvalue weighted by Gasteiger charge is -2.18. The van der Waals surface area contributed by atoms with Crippen LogP contribution < -0.4 is 0 Å². The average molecular weight is 1060 g/mol. The highest BCUT2D eigenvalue weighted by Crippen LogP contribution is 2.15. The zero-order valence-electron chi connectivity index (χ0n) is 49.7. The Hall–Kier alpha value is -4.71. The van der Waals surface area contributed by atoms with E-state index in [4.69, 9.17) is 14.2 Å². The molecule has 0 saturated heterocycles. The first-order valence-corrected chi connectivity index (χ1v) is 31.3. The standard InChI is InChI=1S/C71H114O6/c1-4-7-10-13-16-19-22-25-28-31-33-34-35-36-38-40-43-46-49-52-55-58-61-64-70(73)76-67-68(66-75-69(72)63-60-57-54-51-48-45-42-39-30-27-24-21-18-15-12-9-6-3)77-71(74)65-62-59-56-53-50-47-44-41-37-32-29-26-23-20-17-14-11-8-5-2/h8-9,11-12,17-18,20-22,25-27,29-31,33,37,41-42,45,47,50-51,54,68H,4-7,10,13-16,19,23-24,28,32,34-36,38-40,43-44,46,48-49,52-53,55-67H2,1-3H3/b11-8-,12-9-,20-17-,21-18-,25-22-,29-26-,30-27-,33-31-,41-37-,45-42-,50-47-,54-51-. The molecule has 0 aliphatic carbocycles. The maximum atomic E-state index is 12.9. The van der Waals surface area contributed by atoms with E-state index in [9.17, 15) is 14.4 Å². The van der Waals surface area contributed by atoms with Gasteiger partial charge in [-0.2, -0.15) is 0 Å². The molecule has 6 heteroatoms. The normalized spacial score (nSPS) is 13.1. The number of ether oxygens (including phenoxy) is 3. The second-order valence-corrected chi connectivity index (χ2v) is 20.2. The van der Waals surface area contributed by atoms with Gasteiger partial charge in [0.05, 0.1) is 0 Å². The van der Waals surface area contributed by atoms with Crippen LogP contribution in [-0.4, -0.2) is 37.2 Å². The lowest BCUT2D eigenvalue weighted by Crippen LogP contribution is -2.30. The quantitative estimate of drug-likeness (QED) is 0.0261. The second-order valence-electron chi connectivity index (χ2n) is 20.2. The highest BCUT2D eigenvalue weighted by atomic mass is 16.6. The molecule has 434 valence electrons. The van der Waals surface area contributed by atoms with Crippen molar-refractivity contribution in [2.75, 3.05) is 13.2 Å². The molecule has 77 heavy (non-hydrogen) atoms. The highest BCUT2D eigenvalue weighted by molar-refractivity contribution is 5.71. The van der Waals surface area contributed by atoms with Crippen molar-refractivity contribution in [3.8, 4) is 0 Å². The molecule has 1 unspecified atom stereocenters. The van der Waals surface area contributed by atoms with Crippen molar-refractivity contribution in [1.29, 1.82) is 0 Å². The molecule has 0 fully saturated rings. The van der Waals surface area contributed by atoms with Crippen LogP contribution in [-0.2, 0) is 28.6 Å². The Morgan fingerprint density at radius 2 is 0.519 bits per heavy atom. The smallest absolute Gasteiger partial charge is 0.306 e. The van der Waals surface area contributed by atoms with Gasteiger partial charge in [0.25, 0.3) is 0 Å². The molecule has 0 aromatic rings. The predicted octanol–water partition coefficient (Wildman–Crippen LogP) is 21.5. The van der Waals surface area contributed by atoms with Crippen molar-refractivity contribution < 1.29 is 28.6 Å². The minimum Gasteiger partial charge on any atom is -0.462 e. The van der Waals surface area contributed by atoms with Gasteiger partial charge in [0.1, 0.15) is 13.2 Å². The molecule has 0 aliphatic heterocycles. The molecule has 0 bridgehead atoms. The van der Waals surface area contributed by atoms with Gasteiger partial charge in [-0.3, -0.25) is 14.4 Å². The Morgan fingerprint density at radius 3 is 0.857 bits per heavy atom. The molecule has 1 atom stereocenters. The number of rotatable bonds is 55. The van der Waals surface area contributed by atoms with E-state index in [1.165, 1.54) is 96.3 Å². The van der Waals surface area contributed by atoms with E-state index in [2.05, 4.69) is 167 Å². The number of carbonyl (C=O) groups is 3. The van der Waals surface area contributed by atoms with Crippen molar-refractivity contribution in [2.45, 2.75) is 271 Å². The van der Waals surface area contributed by atoms with Gasteiger partial charge in [-0.15, -0.1) is 0 Å². The molecule has 0 aliphatic rings. The molecular weight excluding hydrogens is 949 g/mol. The van der Waals surface area contributed by atoms with Crippen molar-refractivity contribution in [2.24, 2.45) is 0 Å². The first-order chi connectivity index (χ1) is 38.0. The fourth-order valence-corrected chi connectivity index (χ4v) is 8.18. The van der Waals surface area contributed by atoms with Gasteiger partial charge < -0.3 is 14.2 Å². The third-order valence-corrected chi connectivity index (χ3v) is 12.8. The van der Waals surface area contributed by atoms with Crippen LogP contribution in [0.1, 0.15) is 265 Å². The summed E-state index contributed by atoms with van der Waals surface area (Å²) in [6.07, 6.45) is 91.4. The van der Waals surface area contributed by atoms with Crippen LogP contribution in [0.15, 0.2) is 146 Å². The summed E-state index contributed by atoms with van der Waals surface area (Å²) in [7, 11) is 0. The summed E-state index contributed by atoms with van der Waals surface area (Å²) in [4.78, 5) is 38.3. The van der Waals surface area contributed by atoms with E-state index < -0.39 is 6.10 Å². The number of carbonyl (C=O) groups excluding carboxylic acids is 3. The summed E-state index contributed by atoms with van der Waals surface area (Å²) in [6, 6.07) is 0. The molecule has 0 aromatic carbocycles. The molecule has 0 rings (SSSR count). The zero-order valence-corrected chi connectivity index (χ0v) is 49.7. The third-order valence-electron chi connectivity index (χ3n) is 12.8. The molecule has 6 nitrogen and oxygen atoms in total. The lowest BCUT2D eigenvalue weighted by molar-refractivity contribution is -0.167. The second kappa shape index (κ2) is 63.8. The first-order valence-electron chi connectivity index (χ1n) is 31.3. The van der Waals surface area contributed by atoms with E-state index in [0.717, 1.165) is 116 Å². The topological polar surface area (TPSA) is 78.9 Å². The van der Waals surface area contributed by atoms with Gasteiger partial charge >= 0.3 is 17.9 Å². The average Bonchev–Trinajstić information content (AvgIpc) is 3.43. The summed E-state index contributed by atoms with van der Waals surface area (Å²) in [5, 5.41) is 0. The van der Waals surface area contributed by atoms with Crippen LogP contribution in [0.2, 0.25) is 0 Å². The van der Waals surface area contributed by atoms with Gasteiger partial charge in [-0.25, -0.2) is 0 Å². The molecule has 0 amide bonds. The van der Waals surface area contributed by atoms with Gasteiger partial charge in [-0.1, -0.05) is 256 Å². The van der Waals surface area contributed by atoms with E-state index in [1.54, 1.807) is 0 Å². The van der Waals surface area contributed by atoms with Gasteiger partial charge in [0, 0.05) is 19.3 Å². The number of esters is 3. The van der Waals surface area contributed by atoms with Crippen molar-refractivity contribution in [3.63, 3.8) is 0 Å². The van der Waals surface area contributed by atoms with Crippen LogP contribution in [0.5, 0.6) is 0 Å². The lowest BCUT2D eigenvalue weighted by atomic mass is 10.0. The zero-order chi connectivity index (χ0) is 55.7. The Kier molecular flexibility index (Phi) is 59.9. The van der Waals surface area contributed by atoms with Crippen LogP contribution in [0.3, 0.4) is 0 Å². The summed E-state index contributed by atoms with van der Waals surface area (Å²) < 4.78 is 16.8. The van der Waals surface area contributed by atoms with E-state index in [0.29, 0.717) is 19.3 Å². The number of hydrogen-bond donors (Lipinski definition) is 0. The van der Waals surface area contributed by atoms with Crippen LogP contribution >= 0.6 is 0 Å². The fraction of sp³-hybridized carbons (Fsp3) is 0.620.